The van der Waals surface area contributed by atoms with Gasteiger partial charge in [-0.2, -0.15) is 0 Å². The van der Waals surface area contributed by atoms with Crippen molar-refractivity contribution in [2.24, 2.45) is 0 Å². The van der Waals surface area contributed by atoms with Gasteiger partial charge in [0.1, 0.15) is 43.2 Å². The lowest BCUT2D eigenvalue weighted by molar-refractivity contribution is -0.220. The highest BCUT2D eigenvalue weighted by Gasteiger charge is 2.51. The predicted octanol–water partition coefficient (Wildman–Crippen LogP) is 8.22. The van der Waals surface area contributed by atoms with Crippen LogP contribution in [0.5, 0.6) is 0 Å². The second-order valence-electron chi connectivity index (χ2n) is 15.5. The molecular weight excluding hydrogens is 767 g/mol. The van der Waals surface area contributed by atoms with E-state index in [-0.39, 0.29) is 12.8 Å². The molecule has 0 spiro atoms. The molecule has 0 saturated heterocycles. The molecular formula is C44H79O13P. The molecule has 1 rings (SSSR count). The van der Waals surface area contributed by atoms with Gasteiger partial charge in [0.2, 0.25) is 0 Å². The molecule has 8 atom stereocenters. The molecule has 0 aromatic carbocycles. The maximum atomic E-state index is 12.8. The smallest absolute Gasteiger partial charge is 0.462 e. The first-order valence-corrected chi connectivity index (χ1v) is 23.8. The van der Waals surface area contributed by atoms with Crippen LogP contribution in [-0.4, -0.2) is 98.3 Å². The summed E-state index contributed by atoms with van der Waals surface area (Å²) >= 11 is 0. The van der Waals surface area contributed by atoms with E-state index in [4.69, 9.17) is 18.5 Å². The Morgan fingerprint density at radius 2 is 0.931 bits per heavy atom. The number of phosphoric acid groups is 1. The standard InChI is InChI=1S/C44H79O13P/c1-3-5-7-9-11-13-15-17-18-19-20-21-23-24-26-28-30-32-37(45)54-34-36(56-38(46)33-31-29-27-25-22-16-14-12-10-8-6-4-2)35-55-58(52,53)57-44-42(50)40(48)39(47)41(49)43(44)51/h11-14,17-18,36,39-44,47-51H,3-10,15-16,19-35H2,1-2H3,(H,52,53)/b13-11+,14-12+,18-17+/t36-,39?,40-,41?,42?,43?,44?/m0/s1. The third kappa shape index (κ3) is 27.0. The van der Waals surface area contributed by atoms with E-state index in [1.165, 1.54) is 51.4 Å². The van der Waals surface area contributed by atoms with Crippen molar-refractivity contribution in [3.05, 3.63) is 36.5 Å². The number of aliphatic hydroxyl groups excluding tert-OH is 5. The van der Waals surface area contributed by atoms with Crippen molar-refractivity contribution in [1.82, 2.24) is 0 Å². The first-order valence-electron chi connectivity index (χ1n) is 22.3. The topological polar surface area (TPSA) is 210 Å². The minimum atomic E-state index is -5.12. The average Bonchev–Trinajstić information content (AvgIpc) is 3.20. The fourth-order valence-electron chi connectivity index (χ4n) is 6.55. The second-order valence-corrected chi connectivity index (χ2v) is 16.9. The van der Waals surface area contributed by atoms with Gasteiger partial charge in [-0.1, -0.05) is 127 Å². The monoisotopic (exact) mass is 847 g/mol. The molecule has 0 aromatic rings. The molecule has 1 fully saturated rings. The Morgan fingerprint density at radius 1 is 0.534 bits per heavy atom. The van der Waals surface area contributed by atoms with Crippen molar-refractivity contribution in [3.63, 3.8) is 0 Å². The Kier molecular flexibility index (Phi) is 32.4. The zero-order valence-corrected chi connectivity index (χ0v) is 36.5. The van der Waals surface area contributed by atoms with Gasteiger partial charge in [-0.15, -0.1) is 0 Å². The van der Waals surface area contributed by atoms with Crippen LogP contribution >= 0.6 is 7.82 Å². The lowest BCUT2D eigenvalue weighted by atomic mass is 9.85. The summed E-state index contributed by atoms with van der Waals surface area (Å²) in [6, 6.07) is 0. The summed E-state index contributed by atoms with van der Waals surface area (Å²) in [4.78, 5) is 35.6. The van der Waals surface area contributed by atoms with Crippen LogP contribution in [0, 0.1) is 0 Å². The summed E-state index contributed by atoms with van der Waals surface area (Å²) in [6.45, 7) is 3.22. The van der Waals surface area contributed by atoms with Crippen LogP contribution < -0.4 is 0 Å². The number of hydrogen-bond donors (Lipinski definition) is 6. The highest BCUT2D eigenvalue weighted by Crippen LogP contribution is 2.47. The zero-order valence-electron chi connectivity index (χ0n) is 35.6. The first-order chi connectivity index (χ1) is 27.9. The molecule has 14 heteroatoms. The van der Waals surface area contributed by atoms with Crippen molar-refractivity contribution in [3.8, 4) is 0 Å². The van der Waals surface area contributed by atoms with Gasteiger partial charge in [-0.25, -0.2) is 4.57 Å². The minimum absolute atomic E-state index is 0.0845. The van der Waals surface area contributed by atoms with E-state index in [9.17, 15) is 44.6 Å². The molecule has 0 heterocycles. The number of carbonyl (C=O) groups excluding carboxylic acids is 2. The van der Waals surface area contributed by atoms with Gasteiger partial charge in [0, 0.05) is 12.8 Å². The van der Waals surface area contributed by atoms with Crippen LogP contribution in [0.4, 0.5) is 0 Å². The van der Waals surface area contributed by atoms with Gasteiger partial charge in [0.15, 0.2) is 6.10 Å². The molecule has 1 saturated carbocycles. The molecule has 58 heavy (non-hydrogen) atoms. The molecule has 0 radical (unpaired) electrons. The van der Waals surface area contributed by atoms with Crippen molar-refractivity contribution >= 4 is 19.8 Å². The minimum Gasteiger partial charge on any atom is -0.462 e. The number of rotatable bonds is 36. The van der Waals surface area contributed by atoms with E-state index in [0.29, 0.717) is 12.8 Å². The van der Waals surface area contributed by atoms with Crippen LogP contribution in [0.25, 0.3) is 0 Å². The molecule has 0 bridgehead atoms. The molecule has 338 valence electrons. The van der Waals surface area contributed by atoms with E-state index < -0.39 is 75.7 Å². The SMILES string of the molecule is CCCCC/C=C/C/C=C/CCCCCCCCCC(=O)OC[C@@H](COP(=O)(O)OC1C(O)C(O)C(O)[C@H](O)C1O)OC(=O)CCCCCCC/C=C/CCCCC. The summed E-state index contributed by atoms with van der Waals surface area (Å²) in [7, 11) is -5.12. The lowest BCUT2D eigenvalue weighted by Gasteiger charge is -2.41. The molecule has 0 amide bonds. The fraction of sp³-hybridized carbons (Fsp3) is 0.818. The highest BCUT2D eigenvalue weighted by atomic mass is 31.2. The second kappa shape index (κ2) is 34.7. The number of allylic oxidation sites excluding steroid dienone is 6. The fourth-order valence-corrected chi connectivity index (χ4v) is 7.52. The van der Waals surface area contributed by atoms with Crippen LogP contribution in [0.15, 0.2) is 36.5 Å². The van der Waals surface area contributed by atoms with Crippen molar-refractivity contribution < 1.29 is 63.1 Å². The van der Waals surface area contributed by atoms with Crippen molar-refractivity contribution in [1.29, 1.82) is 0 Å². The quantitative estimate of drug-likeness (QED) is 0.0152. The number of ether oxygens (including phenoxy) is 2. The van der Waals surface area contributed by atoms with Gasteiger partial charge in [0.25, 0.3) is 0 Å². The number of carbonyl (C=O) groups is 2. The summed E-state index contributed by atoms with van der Waals surface area (Å²) in [5, 5.41) is 50.1. The highest BCUT2D eigenvalue weighted by molar-refractivity contribution is 7.47. The van der Waals surface area contributed by atoms with Crippen LogP contribution in [-0.2, 0) is 32.7 Å². The number of unbranched alkanes of at least 4 members (excludes halogenated alkanes) is 18. The largest absolute Gasteiger partial charge is 0.472 e. The summed E-state index contributed by atoms with van der Waals surface area (Å²) in [6.07, 6.45) is 24.9. The van der Waals surface area contributed by atoms with E-state index in [0.717, 1.165) is 83.5 Å². The van der Waals surface area contributed by atoms with Crippen LogP contribution in [0.2, 0.25) is 0 Å². The number of hydrogen-bond acceptors (Lipinski definition) is 12. The Morgan fingerprint density at radius 3 is 1.41 bits per heavy atom. The zero-order chi connectivity index (χ0) is 42.9. The van der Waals surface area contributed by atoms with Gasteiger partial charge >= 0.3 is 19.8 Å². The molecule has 13 nitrogen and oxygen atoms in total. The summed E-state index contributed by atoms with van der Waals surface area (Å²) in [5.74, 6) is -1.12. The number of aliphatic hydroxyl groups is 5. The normalized spacial score (nSPS) is 22.8. The molecule has 1 aliphatic rings. The molecule has 1 aliphatic carbocycles. The Balaban J connectivity index is 2.47. The van der Waals surface area contributed by atoms with Crippen LogP contribution in [0.3, 0.4) is 0 Å². The van der Waals surface area contributed by atoms with Crippen molar-refractivity contribution in [2.45, 2.75) is 217 Å². The van der Waals surface area contributed by atoms with Crippen molar-refractivity contribution in [2.75, 3.05) is 13.2 Å². The predicted molar refractivity (Wildman–Crippen MR) is 226 cm³/mol. The van der Waals surface area contributed by atoms with Crippen LogP contribution in [0.1, 0.15) is 174 Å². The van der Waals surface area contributed by atoms with Gasteiger partial charge in [-0.05, 0) is 70.6 Å². The Bertz CT molecular complexity index is 1160. The lowest BCUT2D eigenvalue weighted by Crippen LogP contribution is -2.64. The Hall–Kier alpha value is -1.93. The molecule has 6 N–H and O–H groups in total. The van der Waals surface area contributed by atoms with E-state index in [2.05, 4.69) is 50.3 Å². The van der Waals surface area contributed by atoms with E-state index >= 15 is 0 Å². The van der Waals surface area contributed by atoms with Gasteiger partial charge < -0.3 is 39.9 Å². The Labute approximate surface area is 348 Å². The number of phosphoric ester groups is 1. The van der Waals surface area contributed by atoms with Gasteiger partial charge in [-0.3, -0.25) is 18.6 Å². The average molecular weight is 847 g/mol. The first kappa shape index (κ1) is 54.1. The number of esters is 2. The molecule has 0 aliphatic heterocycles. The summed E-state index contributed by atoms with van der Waals surface area (Å²) in [5.41, 5.74) is 0. The third-order valence-corrected chi connectivity index (χ3v) is 11.2. The molecule has 6 unspecified atom stereocenters. The molecule has 0 aromatic heterocycles. The van der Waals surface area contributed by atoms with E-state index in [1.807, 2.05) is 0 Å². The van der Waals surface area contributed by atoms with E-state index in [1.54, 1.807) is 0 Å². The maximum Gasteiger partial charge on any atom is 0.472 e. The third-order valence-electron chi connectivity index (χ3n) is 10.2. The van der Waals surface area contributed by atoms with Gasteiger partial charge in [0.05, 0.1) is 6.61 Å². The summed E-state index contributed by atoms with van der Waals surface area (Å²) < 4.78 is 33.4. The maximum absolute atomic E-state index is 12.8.